The van der Waals surface area contributed by atoms with Crippen molar-refractivity contribution in [1.82, 2.24) is 25.3 Å². The first kappa shape index (κ1) is 41.9. The van der Waals surface area contributed by atoms with Crippen molar-refractivity contribution < 1.29 is 14.3 Å². The Balaban J connectivity index is 0.755. The minimum absolute atomic E-state index is 0.160. The summed E-state index contributed by atoms with van der Waals surface area (Å²) in [5.74, 6) is 1.76. The standard InChI is InChI=1S/C51H51ClN8O3/c1-50(2)47(51(3,4)48(50)63-39-16-11-35(26-53)42(52)25-39)58-46(62)37-28-56-49(57-29-37)60-21-19-31(20-22-60)9-14-38-15-10-36(27-54-38)43-24-32-7-6-8-40(41(32)30-55-43)33-12-17-44-34(23-33)13-18-45(61)59(44)5/h6-8,10-12,15-17,23-25,27-31,47-48H,9,13-14,18-22H2,1-5H3,(H,58,62). The Kier molecular flexibility index (Phi) is 11.1. The summed E-state index contributed by atoms with van der Waals surface area (Å²) in [6.45, 7) is 10.0. The summed E-state index contributed by atoms with van der Waals surface area (Å²) < 4.78 is 6.38. The van der Waals surface area contributed by atoms with Crippen LogP contribution >= 0.6 is 11.6 Å². The number of aryl methyl sites for hydroxylation is 2. The van der Waals surface area contributed by atoms with E-state index in [0.717, 1.165) is 89.7 Å². The van der Waals surface area contributed by atoms with E-state index in [4.69, 9.17) is 26.3 Å². The number of pyridine rings is 2. The molecule has 0 unspecified atom stereocenters. The average Bonchev–Trinajstić information content (AvgIpc) is 3.30. The van der Waals surface area contributed by atoms with Gasteiger partial charge in [-0.1, -0.05) is 63.6 Å². The molecule has 3 aromatic carbocycles. The van der Waals surface area contributed by atoms with Gasteiger partial charge in [-0.3, -0.25) is 19.6 Å². The van der Waals surface area contributed by atoms with Gasteiger partial charge in [-0.25, -0.2) is 9.97 Å². The highest BCUT2D eigenvalue weighted by atomic mass is 35.5. The van der Waals surface area contributed by atoms with Gasteiger partial charge in [-0.05, 0) is 103 Å². The average molecular weight is 859 g/mol. The molecule has 3 aliphatic rings. The summed E-state index contributed by atoms with van der Waals surface area (Å²) >= 11 is 6.26. The topological polar surface area (TPSA) is 137 Å². The zero-order valence-electron chi connectivity index (χ0n) is 36.4. The first-order chi connectivity index (χ1) is 30.3. The Morgan fingerprint density at radius 1 is 0.889 bits per heavy atom. The molecule has 0 atom stereocenters. The maximum atomic E-state index is 13.5. The van der Waals surface area contributed by atoms with Crippen molar-refractivity contribution in [2.75, 3.05) is 29.9 Å². The van der Waals surface area contributed by atoms with E-state index in [9.17, 15) is 14.9 Å². The number of hydrogen-bond donors (Lipinski definition) is 1. The molecule has 2 fully saturated rings. The number of benzene rings is 3. The van der Waals surface area contributed by atoms with Gasteiger partial charge >= 0.3 is 0 Å². The zero-order chi connectivity index (χ0) is 44.0. The molecule has 2 aliphatic heterocycles. The number of nitrogens with one attached hydrogen (secondary N) is 1. The van der Waals surface area contributed by atoms with Gasteiger partial charge in [0.15, 0.2) is 0 Å². The number of fused-ring (bicyclic) bond motifs is 2. The highest BCUT2D eigenvalue weighted by Crippen LogP contribution is 2.55. The smallest absolute Gasteiger partial charge is 0.254 e. The molecule has 2 amide bonds. The van der Waals surface area contributed by atoms with Gasteiger partial charge in [-0.15, -0.1) is 0 Å². The fraction of sp³-hybridized carbons (Fsp3) is 0.353. The number of nitrogens with zero attached hydrogens (tertiary/aromatic N) is 7. The molecule has 0 bridgehead atoms. The van der Waals surface area contributed by atoms with E-state index >= 15 is 0 Å². The second-order valence-corrected chi connectivity index (χ2v) is 18.9. The largest absolute Gasteiger partial charge is 0.489 e. The minimum atomic E-state index is -0.376. The van der Waals surface area contributed by atoms with Gasteiger partial charge in [0, 0.05) is 96.6 Å². The number of nitriles is 1. The molecule has 5 heterocycles. The maximum absolute atomic E-state index is 13.5. The number of rotatable bonds is 10. The Bertz CT molecular complexity index is 2740. The molecule has 11 nitrogen and oxygen atoms in total. The quantitative estimate of drug-likeness (QED) is 0.143. The molecule has 3 aromatic heterocycles. The third-order valence-electron chi connectivity index (χ3n) is 13.7. The summed E-state index contributed by atoms with van der Waals surface area (Å²) in [6, 6.07) is 26.1. The molecule has 9 rings (SSSR count). The second-order valence-electron chi connectivity index (χ2n) is 18.5. The van der Waals surface area contributed by atoms with Crippen molar-refractivity contribution in [3.63, 3.8) is 0 Å². The number of halogens is 1. The number of piperidine rings is 1. The van der Waals surface area contributed by atoms with Gasteiger partial charge in [0.2, 0.25) is 11.9 Å². The molecule has 1 saturated carbocycles. The van der Waals surface area contributed by atoms with Crippen LogP contribution in [0.3, 0.4) is 0 Å². The molecule has 0 radical (unpaired) electrons. The lowest BCUT2D eigenvalue weighted by Gasteiger charge is -2.63. The van der Waals surface area contributed by atoms with Gasteiger partial charge < -0.3 is 19.9 Å². The van der Waals surface area contributed by atoms with Crippen LogP contribution in [0.1, 0.15) is 80.6 Å². The number of hydrogen-bond acceptors (Lipinski definition) is 9. The summed E-state index contributed by atoms with van der Waals surface area (Å²) in [6.07, 6.45) is 12.3. The number of ether oxygens (including phenoxy) is 1. The zero-order valence-corrected chi connectivity index (χ0v) is 37.1. The number of aromatic nitrogens is 4. The van der Waals surface area contributed by atoms with E-state index in [2.05, 4.69) is 109 Å². The number of carbonyl (C=O) groups is 2. The molecule has 12 heteroatoms. The van der Waals surface area contributed by atoms with E-state index in [0.29, 0.717) is 40.2 Å². The van der Waals surface area contributed by atoms with Crippen LogP contribution in [0.5, 0.6) is 5.75 Å². The molecule has 63 heavy (non-hydrogen) atoms. The predicted octanol–water partition coefficient (Wildman–Crippen LogP) is 9.65. The summed E-state index contributed by atoms with van der Waals surface area (Å²) in [5.41, 5.74) is 7.48. The summed E-state index contributed by atoms with van der Waals surface area (Å²) in [5, 5.41) is 15.0. The van der Waals surface area contributed by atoms with Crippen molar-refractivity contribution in [1.29, 1.82) is 5.26 Å². The highest BCUT2D eigenvalue weighted by molar-refractivity contribution is 6.31. The van der Waals surface area contributed by atoms with Crippen molar-refractivity contribution in [2.45, 2.75) is 78.4 Å². The molecule has 1 saturated heterocycles. The van der Waals surface area contributed by atoms with Gasteiger partial charge in [0.1, 0.15) is 17.9 Å². The monoisotopic (exact) mass is 858 g/mol. The van der Waals surface area contributed by atoms with Crippen LogP contribution in [-0.2, 0) is 17.6 Å². The highest BCUT2D eigenvalue weighted by Gasteiger charge is 2.64. The molecule has 1 N–H and O–H groups in total. The first-order valence-electron chi connectivity index (χ1n) is 21.8. The molecule has 320 valence electrons. The minimum Gasteiger partial charge on any atom is -0.489 e. The van der Waals surface area contributed by atoms with Crippen LogP contribution in [0.25, 0.3) is 33.2 Å². The van der Waals surface area contributed by atoms with E-state index in [1.54, 1.807) is 35.5 Å². The Morgan fingerprint density at radius 3 is 2.37 bits per heavy atom. The van der Waals surface area contributed by atoms with Gasteiger partial charge in [-0.2, -0.15) is 5.26 Å². The Morgan fingerprint density at radius 2 is 1.65 bits per heavy atom. The van der Waals surface area contributed by atoms with E-state index in [1.165, 1.54) is 5.56 Å². The molecule has 0 spiro atoms. The fourth-order valence-corrected chi connectivity index (χ4v) is 10.5. The van der Waals surface area contributed by atoms with E-state index in [1.807, 2.05) is 19.4 Å². The summed E-state index contributed by atoms with van der Waals surface area (Å²) in [7, 11) is 1.85. The van der Waals surface area contributed by atoms with E-state index < -0.39 is 0 Å². The third kappa shape index (κ3) is 8.09. The van der Waals surface area contributed by atoms with Crippen LogP contribution in [0.4, 0.5) is 11.6 Å². The predicted molar refractivity (Wildman–Crippen MR) is 247 cm³/mol. The normalized spacial score (nSPS) is 19.2. The number of carbonyl (C=O) groups excluding carboxylic acids is 2. The molecule has 6 aromatic rings. The Labute approximate surface area is 373 Å². The SMILES string of the molecule is CN1C(=O)CCc2cc(-c3cccc4cc(-c5ccc(CCC6CCN(c7ncc(C(=O)NC8C(C)(C)C(Oc9ccc(C#N)c(Cl)c9)C8(C)C)cn7)CC6)nc5)ncc34)ccc21. The van der Waals surface area contributed by atoms with Crippen LogP contribution < -0.4 is 19.9 Å². The fourth-order valence-electron chi connectivity index (χ4n) is 10.3. The molecular formula is C51H51ClN8O3. The molecular weight excluding hydrogens is 808 g/mol. The Hall–Kier alpha value is -6.38. The van der Waals surface area contributed by atoms with Gasteiger partial charge in [0.05, 0.1) is 21.8 Å². The van der Waals surface area contributed by atoms with Crippen molar-refractivity contribution in [3.05, 3.63) is 125 Å². The van der Waals surface area contributed by atoms with Crippen LogP contribution in [-0.4, -0.2) is 64.0 Å². The van der Waals surface area contributed by atoms with Crippen LogP contribution in [0, 0.1) is 28.1 Å². The third-order valence-corrected chi connectivity index (χ3v) is 14.0. The van der Waals surface area contributed by atoms with Crippen LogP contribution in [0.2, 0.25) is 5.02 Å². The first-order valence-corrected chi connectivity index (χ1v) is 22.2. The maximum Gasteiger partial charge on any atom is 0.254 e. The number of anilines is 2. The van der Waals surface area contributed by atoms with Crippen LogP contribution in [0.15, 0.2) is 97.6 Å². The lowest BCUT2D eigenvalue weighted by molar-refractivity contribution is -0.164. The molecule has 1 aliphatic carbocycles. The van der Waals surface area contributed by atoms with Crippen molar-refractivity contribution in [2.24, 2.45) is 16.7 Å². The summed E-state index contributed by atoms with van der Waals surface area (Å²) in [4.78, 5) is 48.6. The van der Waals surface area contributed by atoms with Crippen molar-refractivity contribution >= 4 is 45.8 Å². The lowest BCUT2D eigenvalue weighted by atomic mass is 9.49. The van der Waals surface area contributed by atoms with Crippen molar-refractivity contribution in [3.8, 4) is 34.2 Å². The lowest BCUT2D eigenvalue weighted by Crippen LogP contribution is -2.74. The van der Waals surface area contributed by atoms with Gasteiger partial charge in [0.25, 0.3) is 5.91 Å². The van der Waals surface area contributed by atoms with E-state index in [-0.39, 0.29) is 34.8 Å². The number of amides is 2. The second kappa shape index (κ2) is 16.7.